The molecule has 0 aromatic carbocycles. The molecule has 28 heavy (non-hydrogen) atoms. The van der Waals surface area contributed by atoms with Gasteiger partial charge in [0.05, 0.1) is 11.7 Å². The first-order valence-corrected chi connectivity index (χ1v) is 9.44. The summed E-state index contributed by atoms with van der Waals surface area (Å²) < 4.78 is 1.65. The fourth-order valence-corrected chi connectivity index (χ4v) is 4.10. The Morgan fingerprint density at radius 2 is 2.00 bits per heavy atom. The number of aromatic nitrogens is 4. The summed E-state index contributed by atoms with van der Waals surface area (Å²) in [5.41, 5.74) is 3.50. The van der Waals surface area contributed by atoms with Crippen LogP contribution >= 0.6 is 0 Å². The molecule has 0 radical (unpaired) electrons. The van der Waals surface area contributed by atoms with E-state index in [2.05, 4.69) is 15.3 Å². The van der Waals surface area contributed by atoms with E-state index in [-0.39, 0.29) is 23.4 Å². The average molecular weight is 373 g/mol. The minimum Gasteiger partial charge on any atom is -0.346 e. The van der Waals surface area contributed by atoms with Gasteiger partial charge >= 0.3 is 0 Å². The second-order valence-corrected chi connectivity index (χ2v) is 7.29. The zero-order chi connectivity index (χ0) is 19.1. The van der Waals surface area contributed by atoms with Crippen molar-refractivity contribution in [2.45, 2.75) is 31.8 Å². The maximum Gasteiger partial charge on any atom is 0.254 e. The van der Waals surface area contributed by atoms with Crippen LogP contribution in [0.4, 0.5) is 0 Å². The van der Waals surface area contributed by atoms with Gasteiger partial charge < -0.3 is 5.32 Å². The van der Waals surface area contributed by atoms with Gasteiger partial charge in [0, 0.05) is 54.8 Å². The molecule has 1 amide bonds. The van der Waals surface area contributed by atoms with Gasteiger partial charge in [-0.2, -0.15) is 0 Å². The number of fused-ring (bicyclic) bond motifs is 2. The number of nitrogens with one attached hydrogen (secondary N) is 1. The smallest absolute Gasteiger partial charge is 0.254 e. The Labute approximate surface area is 161 Å². The van der Waals surface area contributed by atoms with Gasteiger partial charge in [-0.1, -0.05) is 6.07 Å². The van der Waals surface area contributed by atoms with Crippen LogP contribution in [0.25, 0.3) is 11.3 Å². The van der Waals surface area contributed by atoms with Crippen molar-refractivity contribution >= 4 is 5.91 Å². The fraction of sp³-hybridized carbons (Fsp3) is 0.286. The highest BCUT2D eigenvalue weighted by Crippen LogP contribution is 2.28. The molecule has 4 heterocycles. The second kappa shape index (κ2) is 6.67. The summed E-state index contributed by atoms with van der Waals surface area (Å²) >= 11 is 0. The van der Waals surface area contributed by atoms with Gasteiger partial charge in [0.15, 0.2) is 0 Å². The number of nitrogens with zero attached hydrogens (tertiary/aromatic N) is 4. The SMILES string of the molecule is O=C(NC1CCn2c1nc(-c1ccncc1)cc2=O)C1Cc2cccnc2C1. The first-order chi connectivity index (χ1) is 13.7. The van der Waals surface area contributed by atoms with Crippen molar-refractivity contribution in [2.75, 3.05) is 0 Å². The van der Waals surface area contributed by atoms with Crippen molar-refractivity contribution in [1.29, 1.82) is 0 Å². The van der Waals surface area contributed by atoms with Gasteiger partial charge in [0.1, 0.15) is 5.82 Å². The van der Waals surface area contributed by atoms with Gasteiger partial charge in [-0.15, -0.1) is 0 Å². The van der Waals surface area contributed by atoms with Gasteiger partial charge in [0.25, 0.3) is 5.56 Å². The zero-order valence-corrected chi connectivity index (χ0v) is 15.2. The highest BCUT2D eigenvalue weighted by atomic mass is 16.2. The number of rotatable bonds is 3. The van der Waals surface area contributed by atoms with Crippen LogP contribution in [0, 0.1) is 5.92 Å². The summed E-state index contributed by atoms with van der Waals surface area (Å²) in [7, 11) is 0. The monoisotopic (exact) mass is 373 g/mol. The Morgan fingerprint density at radius 1 is 1.14 bits per heavy atom. The quantitative estimate of drug-likeness (QED) is 0.754. The average Bonchev–Trinajstić information content (AvgIpc) is 3.33. The molecule has 1 N–H and O–H groups in total. The molecule has 140 valence electrons. The van der Waals surface area contributed by atoms with E-state index in [4.69, 9.17) is 4.98 Å². The Hall–Kier alpha value is -3.35. The highest BCUT2D eigenvalue weighted by molar-refractivity contribution is 5.80. The minimum atomic E-state index is -0.251. The van der Waals surface area contributed by atoms with E-state index < -0.39 is 0 Å². The van der Waals surface area contributed by atoms with Crippen molar-refractivity contribution in [3.63, 3.8) is 0 Å². The molecule has 0 saturated heterocycles. The van der Waals surface area contributed by atoms with E-state index in [1.165, 1.54) is 0 Å². The second-order valence-electron chi connectivity index (χ2n) is 7.29. The molecule has 2 aliphatic rings. The van der Waals surface area contributed by atoms with Crippen LogP contribution in [-0.2, 0) is 24.2 Å². The predicted octanol–water partition coefficient (Wildman–Crippen LogP) is 1.68. The molecule has 3 aromatic rings. The number of carbonyl (C=O) groups excluding carboxylic acids is 1. The first kappa shape index (κ1) is 16.8. The molecule has 0 spiro atoms. The summed E-state index contributed by atoms with van der Waals surface area (Å²) in [6.07, 6.45) is 7.15. The molecule has 2 atom stereocenters. The Balaban J connectivity index is 1.39. The first-order valence-electron chi connectivity index (χ1n) is 9.44. The molecule has 7 heteroatoms. The van der Waals surface area contributed by atoms with Crippen molar-refractivity contribution < 1.29 is 4.79 Å². The lowest BCUT2D eigenvalue weighted by molar-refractivity contribution is -0.125. The molecule has 1 aliphatic heterocycles. The number of amides is 1. The minimum absolute atomic E-state index is 0.0000122. The maximum atomic E-state index is 12.9. The van der Waals surface area contributed by atoms with E-state index in [1.807, 2.05) is 24.3 Å². The maximum absolute atomic E-state index is 12.9. The van der Waals surface area contributed by atoms with Crippen LogP contribution in [-0.4, -0.2) is 25.4 Å². The van der Waals surface area contributed by atoms with Gasteiger partial charge in [-0.3, -0.25) is 24.1 Å². The third kappa shape index (κ3) is 2.89. The normalized spacial score (nSPS) is 19.9. The molecule has 3 aromatic heterocycles. The van der Waals surface area contributed by atoms with Crippen LogP contribution < -0.4 is 10.9 Å². The van der Waals surface area contributed by atoms with Crippen molar-refractivity contribution in [1.82, 2.24) is 24.8 Å². The van der Waals surface area contributed by atoms with Gasteiger partial charge in [-0.25, -0.2) is 4.98 Å². The van der Waals surface area contributed by atoms with Crippen molar-refractivity contribution in [3.8, 4) is 11.3 Å². The Morgan fingerprint density at radius 3 is 2.82 bits per heavy atom. The van der Waals surface area contributed by atoms with Crippen LogP contribution in [0.5, 0.6) is 0 Å². The van der Waals surface area contributed by atoms with Crippen molar-refractivity contribution in [3.05, 3.63) is 76.4 Å². The highest BCUT2D eigenvalue weighted by Gasteiger charge is 2.32. The molecule has 0 bridgehead atoms. The van der Waals surface area contributed by atoms with Crippen LogP contribution in [0.3, 0.4) is 0 Å². The molecule has 1 aliphatic carbocycles. The predicted molar refractivity (Wildman–Crippen MR) is 102 cm³/mol. The van der Waals surface area contributed by atoms with E-state index in [0.717, 1.165) is 16.8 Å². The summed E-state index contributed by atoms with van der Waals surface area (Å²) in [5.74, 6) is 0.510. The van der Waals surface area contributed by atoms with E-state index in [9.17, 15) is 9.59 Å². The summed E-state index contributed by atoms with van der Waals surface area (Å²) in [6.45, 7) is 0.565. The largest absolute Gasteiger partial charge is 0.346 e. The molecule has 7 nitrogen and oxygen atoms in total. The Kier molecular flexibility index (Phi) is 4.00. The summed E-state index contributed by atoms with van der Waals surface area (Å²) in [5, 5.41) is 3.12. The molecule has 0 saturated carbocycles. The molecule has 2 unspecified atom stereocenters. The zero-order valence-electron chi connectivity index (χ0n) is 15.2. The van der Waals surface area contributed by atoms with Crippen LogP contribution in [0.15, 0.2) is 53.7 Å². The third-order valence-corrected chi connectivity index (χ3v) is 5.54. The van der Waals surface area contributed by atoms with E-state index >= 15 is 0 Å². The summed E-state index contributed by atoms with van der Waals surface area (Å²) in [4.78, 5) is 38.5. The number of hydrogen-bond donors (Lipinski definition) is 1. The topological polar surface area (TPSA) is 89.8 Å². The molecular formula is C21H19N5O2. The van der Waals surface area contributed by atoms with Gasteiger partial charge in [0.2, 0.25) is 5.91 Å². The van der Waals surface area contributed by atoms with E-state index in [0.29, 0.717) is 37.3 Å². The Bertz CT molecular complexity index is 1080. The lowest BCUT2D eigenvalue weighted by Gasteiger charge is -2.16. The van der Waals surface area contributed by atoms with E-state index in [1.54, 1.807) is 29.2 Å². The molecular weight excluding hydrogens is 354 g/mol. The molecule has 0 fully saturated rings. The third-order valence-electron chi connectivity index (χ3n) is 5.54. The molecule has 5 rings (SSSR count). The number of hydrogen-bond acceptors (Lipinski definition) is 5. The lowest BCUT2D eigenvalue weighted by atomic mass is 10.0. The fourth-order valence-electron chi connectivity index (χ4n) is 4.10. The van der Waals surface area contributed by atoms with Crippen molar-refractivity contribution in [2.24, 2.45) is 5.92 Å². The standard InChI is InChI=1S/C21H19N5O2/c27-19-12-18(13-3-7-22-8-4-13)24-20-16(5-9-26(19)20)25-21(28)15-10-14-2-1-6-23-17(14)11-15/h1-4,6-8,12,15-16H,5,9-11H2,(H,25,28). The number of carbonyl (C=O) groups is 1. The van der Waals surface area contributed by atoms with Crippen LogP contribution in [0.2, 0.25) is 0 Å². The number of pyridine rings is 2. The summed E-state index contributed by atoms with van der Waals surface area (Å²) in [6, 6.07) is 8.88. The lowest BCUT2D eigenvalue weighted by Crippen LogP contribution is -2.34. The van der Waals surface area contributed by atoms with Crippen LogP contribution in [0.1, 0.15) is 29.5 Å². The van der Waals surface area contributed by atoms with Gasteiger partial charge in [-0.05, 0) is 36.6 Å².